The summed E-state index contributed by atoms with van der Waals surface area (Å²) in [5.74, 6) is 0. The number of rotatable bonds is 6. The van der Waals surface area contributed by atoms with E-state index in [9.17, 15) is 0 Å². The van der Waals surface area contributed by atoms with Gasteiger partial charge in [0.25, 0.3) is 0 Å². The minimum atomic E-state index is 0. The fraction of sp³-hybridized carbons (Fsp3) is 0.800. The van der Waals surface area contributed by atoms with E-state index in [1.807, 2.05) is 6.08 Å². The molecule has 1 nitrogen and oxygen atoms in total. The van der Waals surface area contributed by atoms with Gasteiger partial charge in [-0.2, -0.15) is 0 Å². The quantitative estimate of drug-likeness (QED) is 0.329. The first-order chi connectivity index (χ1) is 5.12. The van der Waals surface area contributed by atoms with Crippen LogP contribution in [0.2, 0.25) is 0 Å². The SMILES string of the molecule is C=CC[N+](C)(C)CCCCC.[Br-]. The van der Waals surface area contributed by atoms with Crippen LogP contribution in [0.5, 0.6) is 0 Å². The van der Waals surface area contributed by atoms with Crippen molar-refractivity contribution in [2.24, 2.45) is 0 Å². The monoisotopic (exact) mass is 235 g/mol. The van der Waals surface area contributed by atoms with Crippen molar-refractivity contribution < 1.29 is 21.5 Å². The zero-order chi connectivity index (χ0) is 8.74. The molecule has 0 amide bonds. The van der Waals surface area contributed by atoms with Crippen LogP contribution in [0, 0.1) is 0 Å². The Bertz CT molecular complexity index is 110. The van der Waals surface area contributed by atoms with Gasteiger partial charge in [0.2, 0.25) is 0 Å². The molecule has 0 unspecified atom stereocenters. The molecule has 0 bridgehead atoms. The van der Waals surface area contributed by atoms with Crippen molar-refractivity contribution in [2.45, 2.75) is 26.2 Å². The zero-order valence-corrected chi connectivity index (χ0v) is 10.2. The number of nitrogens with zero attached hydrogens (tertiary/aromatic N) is 1. The molecule has 0 aromatic heterocycles. The van der Waals surface area contributed by atoms with Crippen LogP contribution in [0.25, 0.3) is 0 Å². The summed E-state index contributed by atoms with van der Waals surface area (Å²) >= 11 is 0. The standard InChI is InChI=1S/C10H22N.BrH/c1-5-7-8-10-11(3,4)9-6-2;/h6H,2,5,7-10H2,1,3-4H3;1H/q+1;/p-1. The molecule has 0 radical (unpaired) electrons. The lowest BCUT2D eigenvalue weighted by atomic mass is 10.2. The molecule has 0 saturated heterocycles. The van der Waals surface area contributed by atoms with E-state index in [0.29, 0.717) is 0 Å². The third-order valence-corrected chi connectivity index (χ3v) is 1.99. The van der Waals surface area contributed by atoms with Crippen LogP contribution in [0.15, 0.2) is 12.7 Å². The molecule has 2 heteroatoms. The Labute approximate surface area is 87.8 Å². The Morgan fingerprint density at radius 2 is 1.83 bits per heavy atom. The Kier molecular flexibility index (Phi) is 9.56. The van der Waals surface area contributed by atoms with Crippen molar-refractivity contribution in [2.75, 3.05) is 27.2 Å². The summed E-state index contributed by atoms with van der Waals surface area (Å²) < 4.78 is 1.09. The fourth-order valence-corrected chi connectivity index (χ4v) is 1.23. The van der Waals surface area contributed by atoms with Gasteiger partial charge in [-0.1, -0.05) is 19.9 Å². The number of unbranched alkanes of at least 4 members (excludes halogenated alkanes) is 2. The van der Waals surface area contributed by atoms with E-state index < -0.39 is 0 Å². The molecule has 0 aliphatic rings. The van der Waals surface area contributed by atoms with Gasteiger partial charge in [-0.05, 0) is 18.9 Å². The van der Waals surface area contributed by atoms with Crippen molar-refractivity contribution in [1.29, 1.82) is 0 Å². The number of quaternary nitrogens is 1. The highest BCUT2D eigenvalue weighted by molar-refractivity contribution is 4.64. The average molecular weight is 236 g/mol. The smallest absolute Gasteiger partial charge is 0.0966 e. The second-order valence-corrected chi connectivity index (χ2v) is 3.84. The highest BCUT2D eigenvalue weighted by atomic mass is 79.9. The first kappa shape index (κ1) is 14.7. The molecular weight excluding hydrogens is 214 g/mol. The van der Waals surface area contributed by atoms with Crippen molar-refractivity contribution in [1.82, 2.24) is 0 Å². The maximum absolute atomic E-state index is 3.76. The summed E-state index contributed by atoms with van der Waals surface area (Å²) in [5, 5.41) is 0. The Balaban J connectivity index is 0. The Morgan fingerprint density at radius 1 is 1.25 bits per heavy atom. The van der Waals surface area contributed by atoms with E-state index >= 15 is 0 Å². The molecule has 74 valence electrons. The van der Waals surface area contributed by atoms with Gasteiger partial charge in [0.15, 0.2) is 0 Å². The van der Waals surface area contributed by atoms with Crippen molar-refractivity contribution in [3.63, 3.8) is 0 Å². The fourth-order valence-electron chi connectivity index (χ4n) is 1.23. The molecule has 0 rings (SSSR count). The number of halogens is 1. The van der Waals surface area contributed by atoms with Crippen molar-refractivity contribution in [3.05, 3.63) is 12.7 Å². The van der Waals surface area contributed by atoms with Crippen LogP contribution >= 0.6 is 0 Å². The lowest BCUT2D eigenvalue weighted by Gasteiger charge is -2.28. The summed E-state index contributed by atoms with van der Waals surface area (Å²) in [5.41, 5.74) is 0. The second kappa shape index (κ2) is 7.81. The third-order valence-electron chi connectivity index (χ3n) is 1.99. The van der Waals surface area contributed by atoms with Crippen LogP contribution < -0.4 is 17.0 Å². The number of hydrogen-bond donors (Lipinski definition) is 0. The lowest BCUT2D eigenvalue weighted by Crippen LogP contribution is -3.00. The predicted octanol–water partition coefficient (Wildman–Crippen LogP) is -0.557. The van der Waals surface area contributed by atoms with Gasteiger partial charge in [-0.3, -0.25) is 0 Å². The van der Waals surface area contributed by atoms with E-state index in [1.165, 1.54) is 25.8 Å². The topological polar surface area (TPSA) is 0 Å². The summed E-state index contributed by atoms with van der Waals surface area (Å²) in [7, 11) is 4.52. The van der Waals surface area contributed by atoms with Crippen LogP contribution in [0.4, 0.5) is 0 Å². The largest absolute Gasteiger partial charge is 1.00 e. The van der Waals surface area contributed by atoms with Gasteiger partial charge in [0.05, 0.1) is 27.2 Å². The average Bonchev–Trinajstić information content (AvgIpc) is 1.87. The van der Waals surface area contributed by atoms with Gasteiger partial charge < -0.3 is 21.5 Å². The van der Waals surface area contributed by atoms with E-state index in [1.54, 1.807) is 0 Å². The molecule has 0 spiro atoms. The van der Waals surface area contributed by atoms with Gasteiger partial charge in [-0.25, -0.2) is 0 Å². The Morgan fingerprint density at radius 3 is 2.25 bits per heavy atom. The number of hydrogen-bond acceptors (Lipinski definition) is 0. The van der Waals surface area contributed by atoms with Crippen molar-refractivity contribution >= 4 is 0 Å². The predicted molar refractivity (Wildman–Crippen MR) is 51.6 cm³/mol. The van der Waals surface area contributed by atoms with Gasteiger partial charge in [-0.15, -0.1) is 0 Å². The summed E-state index contributed by atoms with van der Waals surface area (Å²) in [6.07, 6.45) is 6.02. The minimum Gasteiger partial charge on any atom is -1.00 e. The van der Waals surface area contributed by atoms with Gasteiger partial charge in [0, 0.05) is 0 Å². The molecular formula is C10H22BrN. The first-order valence-electron chi connectivity index (χ1n) is 4.55. The molecule has 0 saturated carbocycles. The minimum absolute atomic E-state index is 0. The summed E-state index contributed by atoms with van der Waals surface area (Å²) in [6, 6.07) is 0. The molecule has 0 fully saturated rings. The molecule has 0 N–H and O–H groups in total. The normalized spacial score (nSPS) is 10.6. The molecule has 0 aromatic rings. The molecule has 0 aliphatic heterocycles. The zero-order valence-electron chi connectivity index (χ0n) is 8.65. The number of likely N-dealkylation sites (N-methyl/N-ethyl adjacent to an activating group) is 1. The van der Waals surface area contributed by atoms with E-state index in [4.69, 9.17) is 0 Å². The van der Waals surface area contributed by atoms with E-state index in [-0.39, 0.29) is 17.0 Å². The molecule has 0 aromatic carbocycles. The van der Waals surface area contributed by atoms with Gasteiger partial charge >= 0.3 is 0 Å². The van der Waals surface area contributed by atoms with Crippen molar-refractivity contribution in [3.8, 4) is 0 Å². The third kappa shape index (κ3) is 8.28. The molecule has 0 atom stereocenters. The van der Waals surface area contributed by atoms with Gasteiger partial charge in [0.1, 0.15) is 0 Å². The first-order valence-corrected chi connectivity index (χ1v) is 4.55. The highest BCUT2D eigenvalue weighted by Crippen LogP contribution is 2.02. The molecule has 0 aliphatic carbocycles. The van der Waals surface area contributed by atoms with Crippen LogP contribution in [0.1, 0.15) is 26.2 Å². The van der Waals surface area contributed by atoms with Crippen LogP contribution in [-0.2, 0) is 0 Å². The Hall–Kier alpha value is 0.180. The molecule has 12 heavy (non-hydrogen) atoms. The van der Waals surface area contributed by atoms with Crippen LogP contribution in [0.3, 0.4) is 0 Å². The maximum Gasteiger partial charge on any atom is 0.0966 e. The van der Waals surface area contributed by atoms with E-state index in [0.717, 1.165) is 11.0 Å². The van der Waals surface area contributed by atoms with E-state index in [2.05, 4.69) is 27.6 Å². The highest BCUT2D eigenvalue weighted by Gasteiger charge is 2.10. The summed E-state index contributed by atoms with van der Waals surface area (Å²) in [6.45, 7) is 8.37. The van der Waals surface area contributed by atoms with Crippen LogP contribution in [-0.4, -0.2) is 31.7 Å². The molecule has 0 heterocycles. The maximum atomic E-state index is 3.76. The summed E-state index contributed by atoms with van der Waals surface area (Å²) in [4.78, 5) is 0. The second-order valence-electron chi connectivity index (χ2n) is 3.84. The lowest BCUT2D eigenvalue weighted by molar-refractivity contribution is -0.884.